The van der Waals surface area contributed by atoms with Crippen LogP contribution >= 0.6 is 0 Å². The molecule has 1 aromatic carbocycles. The van der Waals surface area contributed by atoms with E-state index in [0.29, 0.717) is 6.61 Å². The Morgan fingerprint density at radius 1 is 1.30 bits per heavy atom. The highest BCUT2D eigenvalue weighted by molar-refractivity contribution is 5.53. The Morgan fingerprint density at radius 2 is 2.05 bits per heavy atom. The zero-order chi connectivity index (χ0) is 14.6. The largest absolute Gasteiger partial charge is 0.418 e. The van der Waals surface area contributed by atoms with Gasteiger partial charge in [-0.3, -0.25) is 0 Å². The molecule has 1 N–H and O–H groups in total. The molecule has 1 aliphatic heterocycles. The number of para-hydroxylation sites is 1. The molecule has 0 radical (unpaired) electrons. The van der Waals surface area contributed by atoms with Crippen LogP contribution in [-0.2, 0) is 10.9 Å². The molecule has 0 spiro atoms. The van der Waals surface area contributed by atoms with E-state index in [4.69, 9.17) is 4.74 Å². The summed E-state index contributed by atoms with van der Waals surface area (Å²) in [4.78, 5) is 0. The maximum absolute atomic E-state index is 12.9. The highest BCUT2D eigenvalue weighted by Gasteiger charge is 2.34. The second-order valence-electron chi connectivity index (χ2n) is 5.19. The Labute approximate surface area is 117 Å². The summed E-state index contributed by atoms with van der Waals surface area (Å²) in [7, 11) is 0. The molecule has 2 unspecified atom stereocenters. The molecule has 1 aromatic rings. The zero-order valence-electron chi connectivity index (χ0n) is 11.5. The Bertz CT molecular complexity index is 431. The van der Waals surface area contributed by atoms with E-state index in [0.717, 1.165) is 31.7 Å². The van der Waals surface area contributed by atoms with Gasteiger partial charge < -0.3 is 10.1 Å². The standard InChI is InChI=1S/C15H20F3NO/c1-2-5-12-10-11(8-9-20-12)19-14-7-4-3-6-13(14)15(16,17)18/h3-4,6-7,11-12,19H,2,5,8-10H2,1H3. The predicted molar refractivity (Wildman–Crippen MR) is 72.7 cm³/mol. The normalized spacial score (nSPS) is 23.6. The Hall–Kier alpha value is -1.23. The van der Waals surface area contributed by atoms with Crippen molar-refractivity contribution in [1.82, 2.24) is 0 Å². The first-order valence-corrected chi connectivity index (χ1v) is 7.05. The summed E-state index contributed by atoms with van der Waals surface area (Å²) in [5, 5.41) is 3.04. The van der Waals surface area contributed by atoms with Crippen LogP contribution in [0.25, 0.3) is 0 Å². The number of benzene rings is 1. The molecule has 112 valence electrons. The number of hydrogen-bond donors (Lipinski definition) is 1. The monoisotopic (exact) mass is 287 g/mol. The van der Waals surface area contributed by atoms with Crippen molar-refractivity contribution in [3.05, 3.63) is 29.8 Å². The Morgan fingerprint density at radius 3 is 2.75 bits per heavy atom. The molecule has 1 heterocycles. The highest BCUT2D eigenvalue weighted by atomic mass is 19.4. The van der Waals surface area contributed by atoms with Crippen molar-refractivity contribution >= 4 is 5.69 Å². The number of alkyl halides is 3. The van der Waals surface area contributed by atoms with E-state index in [2.05, 4.69) is 12.2 Å². The first-order chi connectivity index (χ1) is 9.50. The maximum atomic E-state index is 12.9. The van der Waals surface area contributed by atoms with Crippen LogP contribution in [-0.4, -0.2) is 18.8 Å². The molecule has 0 aliphatic carbocycles. The Kier molecular flexibility index (Phi) is 4.91. The molecular formula is C15H20F3NO. The molecule has 5 heteroatoms. The molecule has 0 bridgehead atoms. The average Bonchev–Trinajstić information content (AvgIpc) is 2.39. The van der Waals surface area contributed by atoms with Crippen LogP contribution < -0.4 is 5.32 Å². The molecule has 0 aromatic heterocycles. The summed E-state index contributed by atoms with van der Waals surface area (Å²) >= 11 is 0. The lowest BCUT2D eigenvalue weighted by atomic mass is 9.99. The van der Waals surface area contributed by atoms with E-state index in [-0.39, 0.29) is 17.8 Å². The smallest absolute Gasteiger partial charge is 0.382 e. The van der Waals surface area contributed by atoms with Gasteiger partial charge in [0.2, 0.25) is 0 Å². The summed E-state index contributed by atoms with van der Waals surface area (Å²) in [6, 6.07) is 5.69. The van der Waals surface area contributed by atoms with Crippen molar-refractivity contribution in [3.63, 3.8) is 0 Å². The minimum atomic E-state index is -4.32. The van der Waals surface area contributed by atoms with Gasteiger partial charge in [0.15, 0.2) is 0 Å². The second-order valence-corrected chi connectivity index (χ2v) is 5.19. The number of rotatable bonds is 4. The van der Waals surface area contributed by atoms with Crippen molar-refractivity contribution in [2.24, 2.45) is 0 Å². The number of anilines is 1. The van der Waals surface area contributed by atoms with Gasteiger partial charge in [-0.15, -0.1) is 0 Å². The fourth-order valence-electron chi connectivity index (χ4n) is 2.61. The minimum absolute atomic E-state index is 0.0452. The second kappa shape index (κ2) is 6.48. The fourth-order valence-corrected chi connectivity index (χ4v) is 2.61. The number of ether oxygens (including phenoxy) is 1. The summed E-state index contributed by atoms with van der Waals surface area (Å²) in [5.41, 5.74) is -0.430. The number of nitrogens with one attached hydrogen (secondary N) is 1. The van der Waals surface area contributed by atoms with Gasteiger partial charge in [0.05, 0.1) is 11.7 Å². The van der Waals surface area contributed by atoms with Gasteiger partial charge in [-0.25, -0.2) is 0 Å². The SMILES string of the molecule is CCCC1CC(Nc2ccccc2C(F)(F)F)CCO1. The number of halogens is 3. The van der Waals surface area contributed by atoms with E-state index in [1.54, 1.807) is 6.07 Å². The molecule has 1 fully saturated rings. The molecule has 0 amide bonds. The van der Waals surface area contributed by atoms with E-state index in [9.17, 15) is 13.2 Å². The average molecular weight is 287 g/mol. The highest BCUT2D eigenvalue weighted by Crippen LogP contribution is 2.35. The molecule has 2 atom stereocenters. The first kappa shape index (κ1) is 15.2. The van der Waals surface area contributed by atoms with Crippen LogP contribution in [0, 0.1) is 0 Å². The summed E-state index contributed by atoms with van der Waals surface area (Å²) in [6.07, 6.45) is -0.677. The molecular weight excluding hydrogens is 267 g/mol. The van der Waals surface area contributed by atoms with E-state index < -0.39 is 11.7 Å². The van der Waals surface area contributed by atoms with Gasteiger partial charge in [-0.1, -0.05) is 25.5 Å². The summed E-state index contributed by atoms with van der Waals surface area (Å²) in [6.45, 7) is 2.69. The minimum Gasteiger partial charge on any atom is -0.382 e. The van der Waals surface area contributed by atoms with E-state index in [1.165, 1.54) is 12.1 Å². The topological polar surface area (TPSA) is 21.3 Å². The predicted octanol–water partition coefficient (Wildman–Crippen LogP) is 4.47. The third-order valence-electron chi connectivity index (χ3n) is 3.57. The molecule has 1 saturated heterocycles. The zero-order valence-corrected chi connectivity index (χ0v) is 11.5. The van der Waals surface area contributed by atoms with E-state index in [1.807, 2.05) is 0 Å². The van der Waals surface area contributed by atoms with Crippen LogP contribution in [0.5, 0.6) is 0 Å². The van der Waals surface area contributed by atoms with Crippen LogP contribution in [0.15, 0.2) is 24.3 Å². The van der Waals surface area contributed by atoms with Crippen LogP contribution in [0.1, 0.15) is 38.2 Å². The summed E-state index contributed by atoms with van der Waals surface area (Å²) in [5.74, 6) is 0. The van der Waals surface area contributed by atoms with E-state index >= 15 is 0 Å². The lowest BCUT2D eigenvalue weighted by Gasteiger charge is -2.31. The Balaban J connectivity index is 2.06. The molecule has 2 rings (SSSR count). The fraction of sp³-hybridized carbons (Fsp3) is 0.600. The van der Waals surface area contributed by atoms with Crippen molar-refractivity contribution in [2.45, 2.75) is 50.9 Å². The van der Waals surface area contributed by atoms with Gasteiger partial charge in [0.1, 0.15) is 0 Å². The van der Waals surface area contributed by atoms with Gasteiger partial charge in [-0.05, 0) is 31.4 Å². The van der Waals surface area contributed by atoms with Crippen molar-refractivity contribution in [3.8, 4) is 0 Å². The molecule has 1 aliphatic rings. The van der Waals surface area contributed by atoms with Gasteiger partial charge >= 0.3 is 6.18 Å². The van der Waals surface area contributed by atoms with Crippen molar-refractivity contribution < 1.29 is 17.9 Å². The van der Waals surface area contributed by atoms with Gasteiger partial charge in [0, 0.05) is 18.3 Å². The first-order valence-electron chi connectivity index (χ1n) is 7.05. The quantitative estimate of drug-likeness (QED) is 0.882. The summed E-state index contributed by atoms with van der Waals surface area (Å²) < 4.78 is 44.4. The molecule has 0 saturated carbocycles. The maximum Gasteiger partial charge on any atom is 0.418 e. The molecule has 20 heavy (non-hydrogen) atoms. The lowest BCUT2D eigenvalue weighted by molar-refractivity contribution is -0.137. The van der Waals surface area contributed by atoms with Crippen LogP contribution in [0.3, 0.4) is 0 Å². The van der Waals surface area contributed by atoms with Crippen LogP contribution in [0.4, 0.5) is 18.9 Å². The lowest BCUT2D eigenvalue weighted by Crippen LogP contribution is -2.34. The van der Waals surface area contributed by atoms with Crippen LogP contribution in [0.2, 0.25) is 0 Å². The van der Waals surface area contributed by atoms with Crippen molar-refractivity contribution in [1.29, 1.82) is 0 Å². The van der Waals surface area contributed by atoms with Gasteiger partial charge in [0.25, 0.3) is 0 Å². The third kappa shape index (κ3) is 3.88. The van der Waals surface area contributed by atoms with Crippen molar-refractivity contribution in [2.75, 3.05) is 11.9 Å². The van der Waals surface area contributed by atoms with Gasteiger partial charge in [-0.2, -0.15) is 13.2 Å². The molecule has 2 nitrogen and oxygen atoms in total. The number of hydrogen-bond acceptors (Lipinski definition) is 2. The third-order valence-corrected chi connectivity index (χ3v) is 3.57.